The molecule has 0 aliphatic carbocycles. The number of methoxy groups -OCH3 is 2. The summed E-state index contributed by atoms with van der Waals surface area (Å²) in [4.78, 5) is 12.0. The molecule has 0 aliphatic heterocycles. The van der Waals surface area contributed by atoms with E-state index in [1.165, 1.54) is 0 Å². The van der Waals surface area contributed by atoms with Crippen LogP contribution < -0.4 is 20.5 Å². The van der Waals surface area contributed by atoms with Crippen LogP contribution in [-0.2, 0) is 11.2 Å². The molecule has 0 heterocycles. The number of hydrogen-bond donors (Lipinski definition) is 2. The summed E-state index contributed by atoms with van der Waals surface area (Å²) in [7, 11) is 3.23. The number of amides is 1. The van der Waals surface area contributed by atoms with Crippen LogP contribution in [0.5, 0.6) is 11.5 Å². The number of benzene rings is 1. The fraction of sp³-hybridized carbons (Fsp3) is 0.588. The number of carbonyl (C=O) groups excluding carboxylic acids is 1. The number of carbonyl (C=O) groups is 1. The Morgan fingerprint density at radius 3 is 2.36 bits per heavy atom. The first kappa shape index (κ1) is 18.3. The first-order chi connectivity index (χ1) is 10.6. The van der Waals surface area contributed by atoms with Gasteiger partial charge in [0.05, 0.1) is 14.2 Å². The standard InChI is InChI=1S/C17H28N2O3/c1-4-5-6-14(12-18)19-17(20)8-7-13-9-15(21-2)11-16(10-13)22-3/h9-11,14H,4-8,12,18H2,1-3H3,(H,19,20). The summed E-state index contributed by atoms with van der Waals surface area (Å²) in [5.41, 5.74) is 6.71. The molecule has 0 bridgehead atoms. The molecule has 124 valence electrons. The fourth-order valence-corrected chi connectivity index (χ4v) is 2.27. The van der Waals surface area contributed by atoms with E-state index in [0.717, 1.165) is 36.3 Å². The molecule has 3 N–H and O–H groups in total. The zero-order chi connectivity index (χ0) is 16.4. The van der Waals surface area contributed by atoms with Gasteiger partial charge in [-0.2, -0.15) is 0 Å². The van der Waals surface area contributed by atoms with Crippen LogP contribution in [0.15, 0.2) is 18.2 Å². The van der Waals surface area contributed by atoms with E-state index in [-0.39, 0.29) is 11.9 Å². The maximum atomic E-state index is 12.0. The highest BCUT2D eigenvalue weighted by molar-refractivity contribution is 5.76. The molecule has 1 aromatic carbocycles. The molecule has 1 rings (SSSR count). The molecule has 1 unspecified atom stereocenters. The van der Waals surface area contributed by atoms with Gasteiger partial charge in [0.1, 0.15) is 11.5 Å². The van der Waals surface area contributed by atoms with Crippen LogP contribution in [0.2, 0.25) is 0 Å². The molecule has 22 heavy (non-hydrogen) atoms. The number of hydrogen-bond acceptors (Lipinski definition) is 4. The Bertz CT molecular complexity index is 441. The molecule has 0 aromatic heterocycles. The summed E-state index contributed by atoms with van der Waals surface area (Å²) in [5, 5.41) is 3.00. The number of aryl methyl sites for hydroxylation is 1. The van der Waals surface area contributed by atoms with Crippen molar-refractivity contribution in [3.63, 3.8) is 0 Å². The number of unbranched alkanes of at least 4 members (excludes halogenated alkanes) is 1. The lowest BCUT2D eigenvalue weighted by atomic mass is 10.1. The van der Waals surface area contributed by atoms with E-state index in [1.807, 2.05) is 18.2 Å². The quantitative estimate of drug-likeness (QED) is 0.695. The summed E-state index contributed by atoms with van der Waals surface area (Å²) in [5.74, 6) is 1.50. The van der Waals surface area contributed by atoms with Gasteiger partial charge in [0.2, 0.25) is 5.91 Å². The molecular weight excluding hydrogens is 280 g/mol. The monoisotopic (exact) mass is 308 g/mol. The summed E-state index contributed by atoms with van der Waals surface area (Å²) in [6.45, 7) is 2.62. The molecule has 0 radical (unpaired) electrons. The third kappa shape index (κ3) is 6.35. The maximum absolute atomic E-state index is 12.0. The van der Waals surface area contributed by atoms with Crippen LogP contribution in [0.3, 0.4) is 0 Å². The molecule has 0 aliphatic rings. The van der Waals surface area contributed by atoms with Crippen molar-refractivity contribution in [2.75, 3.05) is 20.8 Å². The van der Waals surface area contributed by atoms with E-state index in [4.69, 9.17) is 15.2 Å². The van der Waals surface area contributed by atoms with Gasteiger partial charge in [-0.05, 0) is 30.5 Å². The van der Waals surface area contributed by atoms with Crippen LogP contribution in [0.4, 0.5) is 0 Å². The average molecular weight is 308 g/mol. The molecule has 0 saturated heterocycles. The van der Waals surface area contributed by atoms with Crippen molar-refractivity contribution in [2.45, 2.75) is 45.1 Å². The van der Waals surface area contributed by atoms with Gasteiger partial charge in [0.15, 0.2) is 0 Å². The molecule has 0 fully saturated rings. The Labute approximate surface area is 133 Å². The first-order valence-electron chi connectivity index (χ1n) is 7.84. The van der Waals surface area contributed by atoms with Crippen molar-refractivity contribution in [3.8, 4) is 11.5 Å². The number of ether oxygens (including phenoxy) is 2. The van der Waals surface area contributed by atoms with Crippen LogP contribution in [0, 0.1) is 0 Å². The fourth-order valence-electron chi connectivity index (χ4n) is 2.27. The predicted octanol–water partition coefficient (Wildman–Crippen LogP) is 2.27. The van der Waals surface area contributed by atoms with E-state index in [9.17, 15) is 4.79 Å². The maximum Gasteiger partial charge on any atom is 0.220 e. The van der Waals surface area contributed by atoms with E-state index >= 15 is 0 Å². The third-order valence-corrected chi connectivity index (χ3v) is 3.61. The van der Waals surface area contributed by atoms with Crippen LogP contribution in [-0.4, -0.2) is 32.7 Å². The molecule has 5 heteroatoms. The Balaban J connectivity index is 2.52. The Kier molecular flexibility index (Phi) is 8.36. The van der Waals surface area contributed by atoms with Crippen molar-refractivity contribution in [2.24, 2.45) is 5.73 Å². The minimum absolute atomic E-state index is 0.0355. The SMILES string of the molecule is CCCCC(CN)NC(=O)CCc1cc(OC)cc(OC)c1. The van der Waals surface area contributed by atoms with E-state index < -0.39 is 0 Å². The lowest BCUT2D eigenvalue weighted by molar-refractivity contribution is -0.121. The smallest absolute Gasteiger partial charge is 0.220 e. The van der Waals surface area contributed by atoms with Crippen molar-refractivity contribution in [1.82, 2.24) is 5.32 Å². The second-order valence-corrected chi connectivity index (χ2v) is 5.36. The third-order valence-electron chi connectivity index (χ3n) is 3.61. The molecule has 1 amide bonds. The van der Waals surface area contributed by atoms with Gasteiger partial charge in [-0.15, -0.1) is 0 Å². The van der Waals surface area contributed by atoms with Crippen LogP contribution in [0.1, 0.15) is 38.2 Å². The summed E-state index contributed by atoms with van der Waals surface area (Å²) >= 11 is 0. The molecule has 5 nitrogen and oxygen atoms in total. The van der Waals surface area contributed by atoms with Crippen molar-refractivity contribution in [1.29, 1.82) is 0 Å². The molecule has 0 saturated carbocycles. The first-order valence-corrected chi connectivity index (χ1v) is 7.84. The van der Waals surface area contributed by atoms with Gasteiger partial charge in [0, 0.05) is 25.1 Å². The topological polar surface area (TPSA) is 73.6 Å². The summed E-state index contributed by atoms with van der Waals surface area (Å²) in [6, 6.07) is 5.74. The van der Waals surface area contributed by atoms with Crippen molar-refractivity contribution < 1.29 is 14.3 Å². The highest BCUT2D eigenvalue weighted by atomic mass is 16.5. The van der Waals surface area contributed by atoms with Crippen LogP contribution >= 0.6 is 0 Å². The van der Waals surface area contributed by atoms with E-state index in [0.29, 0.717) is 19.4 Å². The number of rotatable bonds is 10. The summed E-state index contributed by atoms with van der Waals surface area (Å²) < 4.78 is 10.5. The lowest BCUT2D eigenvalue weighted by Crippen LogP contribution is -2.40. The van der Waals surface area contributed by atoms with Gasteiger partial charge in [-0.3, -0.25) is 4.79 Å². The van der Waals surface area contributed by atoms with Gasteiger partial charge in [-0.25, -0.2) is 0 Å². The Morgan fingerprint density at radius 2 is 1.86 bits per heavy atom. The zero-order valence-corrected chi connectivity index (χ0v) is 13.9. The highest BCUT2D eigenvalue weighted by Gasteiger charge is 2.11. The molecule has 1 atom stereocenters. The largest absolute Gasteiger partial charge is 0.497 e. The highest BCUT2D eigenvalue weighted by Crippen LogP contribution is 2.23. The number of nitrogens with one attached hydrogen (secondary N) is 1. The normalized spacial score (nSPS) is 11.8. The van der Waals surface area contributed by atoms with Crippen molar-refractivity contribution >= 4 is 5.91 Å². The van der Waals surface area contributed by atoms with Gasteiger partial charge >= 0.3 is 0 Å². The molecule has 0 spiro atoms. The van der Waals surface area contributed by atoms with Crippen molar-refractivity contribution in [3.05, 3.63) is 23.8 Å². The van der Waals surface area contributed by atoms with Crippen LogP contribution in [0.25, 0.3) is 0 Å². The molecular formula is C17H28N2O3. The second kappa shape index (κ2) is 10.1. The van der Waals surface area contributed by atoms with E-state index in [1.54, 1.807) is 14.2 Å². The lowest BCUT2D eigenvalue weighted by Gasteiger charge is -2.16. The number of nitrogens with two attached hydrogens (primary N) is 1. The van der Waals surface area contributed by atoms with Gasteiger partial charge in [-0.1, -0.05) is 19.8 Å². The van der Waals surface area contributed by atoms with Gasteiger partial charge in [0.25, 0.3) is 0 Å². The Morgan fingerprint density at radius 1 is 1.23 bits per heavy atom. The minimum Gasteiger partial charge on any atom is -0.497 e. The minimum atomic E-state index is 0.0355. The Hall–Kier alpha value is -1.75. The molecule has 1 aromatic rings. The zero-order valence-electron chi connectivity index (χ0n) is 13.9. The predicted molar refractivity (Wildman–Crippen MR) is 88.4 cm³/mol. The second-order valence-electron chi connectivity index (χ2n) is 5.36. The summed E-state index contributed by atoms with van der Waals surface area (Å²) in [6.07, 6.45) is 4.19. The van der Waals surface area contributed by atoms with E-state index in [2.05, 4.69) is 12.2 Å². The van der Waals surface area contributed by atoms with Gasteiger partial charge < -0.3 is 20.5 Å². The average Bonchev–Trinajstić information content (AvgIpc) is 2.56.